The highest BCUT2D eigenvalue weighted by Gasteiger charge is 2.33. The lowest BCUT2D eigenvalue weighted by Crippen LogP contribution is -2.23. The van der Waals surface area contributed by atoms with Gasteiger partial charge in [-0.3, -0.25) is 0 Å². The lowest BCUT2D eigenvalue weighted by atomic mass is 10.2. The predicted octanol–water partition coefficient (Wildman–Crippen LogP) is -0.788. The summed E-state index contributed by atoms with van der Waals surface area (Å²) in [4.78, 5) is 0. The van der Waals surface area contributed by atoms with Crippen LogP contribution in [0.3, 0.4) is 0 Å². The Labute approximate surface area is 47.6 Å². The first-order chi connectivity index (χ1) is 3.60. The Morgan fingerprint density at radius 1 is 1.38 bits per heavy atom. The standard InChI is InChI=1S/C5H10O3/c6-4-1-2-5(7,8)3-4/h4,6-8H,1-3H2. The molecule has 0 aliphatic heterocycles. The van der Waals surface area contributed by atoms with Crippen LogP contribution in [0, 0.1) is 0 Å². The lowest BCUT2D eigenvalue weighted by molar-refractivity contribution is -0.157. The van der Waals surface area contributed by atoms with Crippen molar-refractivity contribution >= 4 is 0 Å². The number of aliphatic hydroxyl groups is 3. The second-order valence-corrected chi connectivity index (χ2v) is 2.38. The summed E-state index contributed by atoms with van der Waals surface area (Å²) in [6.07, 6.45) is 0.402. The number of hydrogen-bond acceptors (Lipinski definition) is 3. The van der Waals surface area contributed by atoms with Crippen LogP contribution in [0.1, 0.15) is 19.3 Å². The third-order valence-corrected chi connectivity index (χ3v) is 1.44. The molecule has 0 aromatic rings. The zero-order chi connectivity index (χ0) is 6.20. The number of hydrogen-bond donors (Lipinski definition) is 3. The minimum atomic E-state index is -1.58. The monoisotopic (exact) mass is 118 g/mol. The molecule has 0 amide bonds. The van der Waals surface area contributed by atoms with E-state index in [0.717, 1.165) is 0 Å². The zero-order valence-corrected chi connectivity index (χ0v) is 4.54. The fourth-order valence-corrected chi connectivity index (χ4v) is 0.979. The molecule has 0 radical (unpaired) electrons. The number of rotatable bonds is 0. The van der Waals surface area contributed by atoms with E-state index in [1.54, 1.807) is 0 Å². The molecule has 3 heteroatoms. The topological polar surface area (TPSA) is 60.7 Å². The molecule has 48 valence electrons. The summed E-state index contributed by atoms with van der Waals surface area (Å²) in [5.41, 5.74) is 0. The maximum atomic E-state index is 8.76. The Kier molecular flexibility index (Phi) is 1.27. The molecule has 1 aliphatic carbocycles. The molecule has 1 fully saturated rings. The molecule has 1 saturated carbocycles. The molecule has 0 aromatic heterocycles. The molecule has 0 spiro atoms. The number of aliphatic hydroxyl groups excluding tert-OH is 1. The lowest BCUT2D eigenvalue weighted by Gasteiger charge is -2.11. The minimum absolute atomic E-state index is 0.104. The van der Waals surface area contributed by atoms with Crippen LogP contribution in [-0.2, 0) is 0 Å². The van der Waals surface area contributed by atoms with Crippen LogP contribution in [0.15, 0.2) is 0 Å². The van der Waals surface area contributed by atoms with Gasteiger partial charge < -0.3 is 15.3 Å². The molecule has 0 aromatic carbocycles. The van der Waals surface area contributed by atoms with Crippen molar-refractivity contribution in [1.29, 1.82) is 0 Å². The second kappa shape index (κ2) is 1.69. The van der Waals surface area contributed by atoms with Crippen LogP contribution < -0.4 is 0 Å². The average Bonchev–Trinajstić information content (AvgIpc) is 1.82. The maximum absolute atomic E-state index is 8.76. The molecule has 8 heavy (non-hydrogen) atoms. The summed E-state index contributed by atoms with van der Waals surface area (Å²) >= 11 is 0. The highest BCUT2D eigenvalue weighted by Crippen LogP contribution is 2.26. The van der Waals surface area contributed by atoms with Gasteiger partial charge in [0.05, 0.1) is 6.10 Å². The highest BCUT2D eigenvalue weighted by atomic mass is 16.5. The largest absolute Gasteiger partial charge is 0.393 e. The average molecular weight is 118 g/mol. The van der Waals surface area contributed by atoms with E-state index >= 15 is 0 Å². The van der Waals surface area contributed by atoms with E-state index in [2.05, 4.69) is 0 Å². The molecule has 3 N–H and O–H groups in total. The van der Waals surface area contributed by atoms with Crippen molar-refractivity contribution in [3.05, 3.63) is 0 Å². The summed E-state index contributed by atoms with van der Waals surface area (Å²) in [6.45, 7) is 0. The molecule has 1 atom stereocenters. The summed E-state index contributed by atoms with van der Waals surface area (Å²) in [7, 11) is 0. The molecule has 0 saturated heterocycles. The third kappa shape index (κ3) is 1.18. The van der Waals surface area contributed by atoms with Crippen molar-refractivity contribution < 1.29 is 15.3 Å². The van der Waals surface area contributed by atoms with Gasteiger partial charge >= 0.3 is 0 Å². The van der Waals surface area contributed by atoms with E-state index in [-0.39, 0.29) is 6.42 Å². The van der Waals surface area contributed by atoms with E-state index in [0.29, 0.717) is 12.8 Å². The Morgan fingerprint density at radius 2 is 2.00 bits per heavy atom. The van der Waals surface area contributed by atoms with Crippen molar-refractivity contribution in [3.8, 4) is 0 Å². The van der Waals surface area contributed by atoms with Gasteiger partial charge in [0.15, 0.2) is 5.79 Å². The quantitative estimate of drug-likeness (QED) is 0.365. The van der Waals surface area contributed by atoms with Gasteiger partial charge in [-0.25, -0.2) is 0 Å². The molecule has 1 aliphatic rings. The molecule has 1 unspecified atom stereocenters. The summed E-state index contributed by atoms with van der Waals surface area (Å²) in [5.74, 6) is -1.58. The Morgan fingerprint density at radius 3 is 2.12 bits per heavy atom. The van der Waals surface area contributed by atoms with Gasteiger partial charge in [-0.2, -0.15) is 0 Å². The van der Waals surface area contributed by atoms with Gasteiger partial charge in [0, 0.05) is 12.8 Å². The normalized spacial score (nSPS) is 35.6. The van der Waals surface area contributed by atoms with Gasteiger partial charge in [-0.1, -0.05) is 0 Å². The minimum Gasteiger partial charge on any atom is -0.393 e. The van der Waals surface area contributed by atoms with Gasteiger partial charge in [0.1, 0.15) is 0 Å². The van der Waals surface area contributed by atoms with Crippen LogP contribution in [0.25, 0.3) is 0 Å². The van der Waals surface area contributed by atoms with Crippen LogP contribution >= 0.6 is 0 Å². The van der Waals surface area contributed by atoms with Crippen LogP contribution in [-0.4, -0.2) is 27.2 Å². The first-order valence-electron chi connectivity index (χ1n) is 2.73. The predicted molar refractivity (Wildman–Crippen MR) is 27.0 cm³/mol. The Hall–Kier alpha value is -0.120. The molecule has 3 nitrogen and oxygen atoms in total. The Balaban J connectivity index is 2.44. The second-order valence-electron chi connectivity index (χ2n) is 2.38. The fraction of sp³-hybridized carbons (Fsp3) is 1.00. The molecule has 0 heterocycles. The fourth-order valence-electron chi connectivity index (χ4n) is 0.979. The van der Waals surface area contributed by atoms with Crippen LogP contribution in [0.4, 0.5) is 0 Å². The van der Waals surface area contributed by atoms with Crippen LogP contribution in [0.2, 0.25) is 0 Å². The maximum Gasteiger partial charge on any atom is 0.165 e. The van der Waals surface area contributed by atoms with E-state index in [1.807, 2.05) is 0 Å². The van der Waals surface area contributed by atoms with Crippen molar-refractivity contribution in [2.75, 3.05) is 0 Å². The third-order valence-electron chi connectivity index (χ3n) is 1.44. The van der Waals surface area contributed by atoms with Gasteiger partial charge in [0.25, 0.3) is 0 Å². The molecule has 1 rings (SSSR count). The molecular weight excluding hydrogens is 108 g/mol. The Bertz CT molecular complexity index is 89.7. The zero-order valence-electron chi connectivity index (χ0n) is 4.54. The SMILES string of the molecule is OC1CCC(O)(O)C1. The first-order valence-corrected chi connectivity index (χ1v) is 2.73. The highest BCUT2D eigenvalue weighted by molar-refractivity contribution is 4.78. The summed E-state index contributed by atoms with van der Waals surface area (Å²) in [6, 6.07) is 0. The molecular formula is C5H10O3. The first kappa shape index (κ1) is 6.01. The van der Waals surface area contributed by atoms with Crippen molar-refractivity contribution in [3.63, 3.8) is 0 Å². The van der Waals surface area contributed by atoms with E-state index in [9.17, 15) is 0 Å². The van der Waals surface area contributed by atoms with Gasteiger partial charge in [-0.05, 0) is 6.42 Å². The van der Waals surface area contributed by atoms with E-state index in [4.69, 9.17) is 15.3 Å². The van der Waals surface area contributed by atoms with Crippen molar-refractivity contribution in [2.24, 2.45) is 0 Å². The van der Waals surface area contributed by atoms with Gasteiger partial charge in [-0.15, -0.1) is 0 Å². The smallest absolute Gasteiger partial charge is 0.165 e. The summed E-state index contributed by atoms with van der Waals surface area (Å²) in [5, 5.41) is 26.3. The van der Waals surface area contributed by atoms with Gasteiger partial charge in [0.2, 0.25) is 0 Å². The van der Waals surface area contributed by atoms with Crippen LogP contribution in [0.5, 0.6) is 0 Å². The molecule has 0 bridgehead atoms. The van der Waals surface area contributed by atoms with Crippen molar-refractivity contribution in [1.82, 2.24) is 0 Å². The summed E-state index contributed by atoms with van der Waals surface area (Å²) < 4.78 is 0. The van der Waals surface area contributed by atoms with Crippen molar-refractivity contribution in [2.45, 2.75) is 31.2 Å². The van der Waals surface area contributed by atoms with E-state index < -0.39 is 11.9 Å². The van der Waals surface area contributed by atoms with E-state index in [1.165, 1.54) is 0 Å².